The van der Waals surface area contributed by atoms with Gasteiger partial charge in [0.2, 0.25) is 0 Å². The zero-order valence-electron chi connectivity index (χ0n) is 19.4. The van der Waals surface area contributed by atoms with E-state index in [2.05, 4.69) is 34.2 Å². The Morgan fingerprint density at radius 1 is 0.568 bits per heavy atom. The van der Waals surface area contributed by atoms with E-state index in [1.54, 1.807) is 12.4 Å². The Morgan fingerprint density at radius 2 is 0.919 bits per heavy atom. The summed E-state index contributed by atoms with van der Waals surface area (Å²) in [4.78, 5) is 49.3. The van der Waals surface area contributed by atoms with Crippen LogP contribution in [0, 0.1) is 0 Å². The van der Waals surface area contributed by atoms with Crippen LogP contribution in [0.5, 0.6) is 0 Å². The number of carbonyl (C=O) groups excluding carboxylic acids is 4. The van der Waals surface area contributed by atoms with Gasteiger partial charge in [-0.15, -0.1) is 0 Å². The quantitative estimate of drug-likeness (QED) is 0.191. The van der Waals surface area contributed by atoms with E-state index in [1.165, 1.54) is 48.5 Å². The second-order valence-corrected chi connectivity index (χ2v) is 7.27. The molecule has 0 unspecified atom stereocenters. The molecule has 9 heteroatoms. The predicted octanol–water partition coefficient (Wildman–Crippen LogP) is 2.51. The second-order valence-electron chi connectivity index (χ2n) is 7.27. The van der Waals surface area contributed by atoms with Gasteiger partial charge in [-0.05, 0) is 23.3 Å². The number of rotatable bonds is 4. The van der Waals surface area contributed by atoms with Crippen molar-refractivity contribution in [1.82, 2.24) is 9.97 Å². The summed E-state index contributed by atoms with van der Waals surface area (Å²) in [6.45, 7) is 0. The smallest absolute Gasteiger partial charge is 0.545 e. The number of pyridine rings is 2. The van der Waals surface area contributed by atoms with Crippen molar-refractivity contribution in [3.8, 4) is 0 Å². The first-order valence-electron chi connectivity index (χ1n) is 10.5. The van der Waals surface area contributed by atoms with Gasteiger partial charge in [-0.25, -0.2) is 0 Å². The molecule has 2 aromatic heterocycles. The maximum absolute atomic E-state index is 10.2. The fraction of sp³-hybridized carbons (Fsp3) is 0. The van der Waals surface area contributed by atoms with Crippen LogP contribution in [0.2, 0.25) is 0 Å². The Bertz CT molecular complexity index is 1400. The summed E-state index contributed by atoms with van der Waals surface area (Å²) in [5.41, 5.74) is 3.02. The van der Waals surface area contributed by atoms with Crippen LogP contribution in [-0.4, -0.2) is 34.5 Å². The number of carboxylic acid groups (broad SMARTS) is 2. The molecule has 0 radical (unpaired) electrons. The van der Waals surface area contributed by atoms with Crippen molar-refractivity contribution in [3.05, 3.63) is 120 Å². The summed E-state index contributed by atoms with van der Waals surface area (Å²) >= 11 is 0. The Morgan fingerprint density at radius 3 is 1.22 bits per heavy atom. The summed E-state index contributed by atoms with van der Waals surface area (Å²) in [5.74, 6) is -2.47. The third-order valence-electron chi connectivity index (χ3n) is 4.91. The van der Waals surface area contributed by atoms with E-state index in [9.17, 15) is 29.4 Å². The van der Waals surface area contributed by atoms with E-state index in [0.29, 0.717) is 23.7 Å². The van der Waals surface area contributed by atoms with Gasteiger partial charge in [-0.3, -0.25) is 19.6 Å². The van der Waals surface area contributed by atoms with Crippen molar-refractivity contribution in [2.24, 2.45) is 0 Å². The number of benzene rings is 3. The largest absolute Gasteiger partial charge is 2.00 e. The van der Waals surface area contributed by atoms with Gasteiger partial charge in [0.1, 0.15) is 12.6 Å². The third kappa shape index (κ3) is 7.95. The Labute approximate surface area is 224 Å². The van der Waals surface area contributed by atoms with Crippen LogP contribution in [0.3, 0.4) is 0 Å². The van der Waals surface area contributed by atoms with Crippen molar-refractivity contribution in [1.29, 1.82) is 0 Å². The second kappa shape index (κ2) is 14.1. The molecule has 0 aliphatic carbocycles. The summed E-state index contributed by atoms with van der Waals surface area (Å²) in [7, 11) is 0. The minimum atomic E-state index is -1.23. The molecule has 37 heavy (non-hydrogen) atoms. The molecule has 0 spiro atoms. The van der Waals surface area contributed by atoms with E-state index in [1.807, 2.05) is 12.1 Å². The first-order chi connectivity index (χ1) is 17.4. The minimum Gasteiger partial charge on any atom is -0.545 e. The van der Waals surface area contributed by atoms with Crippen LogP contribution in [-0.2, 0) is 19.5 Å². The molecule has 178 valence electrons. The van der Waals surface area contributed by atoms with Gasteiger partial charge in [0.05, 0.1) is 23.0 Å². The molecule has 0 N–H and O–H groups in total. The molecule has 0 aliphatic rings. The fourth-order valence-corrected chi connectivity index (χ4v) is 3.08. The van der Waals surface area contributed by atoms with E-state index in [0.717, 1.165) is 21.8 Å². The van der Waals surface area contributed by atoms with Gasteiger partial charge >= 0.3 is 19.5 Å². The van der Waals surface area contributed by atoms with Crippen LogP contribution in [0.25, 0.3) is 21.8 Å². The van der Waals surface area contributed by atoms with Gasteiger partial charge in [0.15, 0.2) is 0 Å². The maximum Gasteiger partial charge on any atom is 2.00 e. The van der Waals surface area contributed by atoms with Crippen LogP contribution >= 0.6 is 0 Å². The monoisotopic (exact) mass is 542 g/mol. The normalized spacial score (nSPS) is 9.51. The third-order valence-corrected chi connectivity index (χ3v) is 4.91. The van der Waals surface area contributed by atoms with E-state index in [-0.39, 0.29) is 30.6 Å². The number of hydrogen-bond donors (Lipinski definition) is 0. The fourth-order valence-electron chi connectivity index (χ4n) is 3.08. The number of aromatic nitrogens is 2. The number of hydrogen-bond acceptors (Lipinski definition) is 8. The predicted molar refractivity (Wildman–Crippen MR) is 129 cm³/mol. The summed E-state index contributed by atoms with van der Waals surface area (Å²) in [6.07, 6.45) is 4.91. The molecule has 5 aromatic rings. The Hall–Kier alpha value is -4.62. The van der Waals surface area contributed by atoms with Crippen molar-refractivity contribution < 1.29 is 48.9 Å². The number of aldehydes is 2. The SMILES string of the molecule is O=Cc1ccc(C(=O)[O-])cc1.O=Cc1ccc(C(=O)[O-])cc1.[Zn+2].c1cnc2c(c1)ccc1cccnc12. The van der Waals surface area contributed by atoms with Gasteiger partial charge < -0.3 is 19.8 Å². The van der Waals surface area contributed by atoms with Crippen molar-refractivity contribution >= 4 is 46.3 Å². The molecule has 3 aromatic carbocycles. The average Bonchev–Trinajstić information content (AvgIpc) is 2.93. The molecule has 0 fully saturated rings. The van der Waals surface area contributed by atoms with Gasteiger partial charge in [-0.1, -0.05) is 72.8 Å². The number of carboxylic acids is 2. The Kier molecular flexibility index (Phi) is 10.9. The topological polar surface area (TPSA) is 140 Å². The molecule has 0 saturated carbocycles. The molecule has 0 amide bonds. The molecule has 0 bridgehead atoms. The van der Waals surface area contributed by atoms with Crippen LogP contribution in [0.15, 0.2) is 97.3 Å². The maximum atomic E-state index is 10.2. The number of carbonyl (C=O) groups is 4. The molecule has 8 nitrogen and oxygen atoms in total. The van der Waals surface area contributed by atoms with Crippen LogP contribution in [0.1, 0.15) is 41.4 Å². The van der Waals surface area contributed by atoms with Crippen molar-refractivity contribution in [3.63, 3.8) is 0 Å². The van der Waals surface area contributed by atoms with E-state index >= 15 is 0 Å². The molecule has 0 saturated heterocycles. The molecule has 5 rings (SSSR count). The van der Waals surface area contributed by atoms with Crippen LogP contribution in [0.4, 0.5) is 0 Å². The van der Waals surface area contributed by atoms with Crippen molar-refractivity contribution in [2.45, 2.75) is 0 Å². The van der Waals surface area contributed by atoms with E-state index < -0.39 is 11.9 Å². The number of fused-ring (bicyclic) bond motifs is 3. The van der Waals surface area contributed by atoms with Crippen LogP contribution < -0.4 is 10.2 Å². The molecule has 0 atom stereocenters. The first-order valence-corrected chi connectivity index (χ1v) is 10.5. The van der Waals surface area contributed by atoms with Gasteiger partial charge in [-0.2, -0.15) is 0 Å². The minimum absolute atomic E-state index is 0. The van der Waals surface area contributed by atoms with Gasteiger partial charge in [0, 0.05) is 34.3 Å². The molecule has 2 heterocycles. The van der Waals surface area contributed by atoms with Gasteiger partial charge in [0.25, 0.3) is 0 Å². The summed E-state index contributed by atoms with van der Waals surface area (Å²) in [6, 6.07) is 23.2. The standard InChI is InChI=1S/C12H8N2.2C8H6O3.Zn/c1-3-9-5-6-10-4-2-8-14-12(10)11(9)13-7-1;2*9-5-6-1-3-7(4-2-6)8(10)11;/h1-8H;2*1-5H,(H,10,11);/q;;;+2/p-2. The van der Waals surface area contributed by atoms with Crippen molar-refractivity contribution in [2.75, 3.05) is 0 Å². The zero-order valence-corrected chi connectivity index (χ0v) is 22.4. The van der Waals surface area contributed by atoms with E-state index in [4.69, 9.17) is 0 Å². The molecular formula is C28H18N2O6Zn. The summed E-state index contributed by atoms with van der Waals surface area (Å²) in [5, 5.41) is 22.7. The number of nitrogens with zero attached hydrogens (tertiary/aromatic N) is 2. The summed E-state index contributed by atoms with van der Waals surface area (Å²) < 4.78 is 0. The molecule has 0 aliphatic heterocycles. The average molecular weight is 544 g/mol. The zero-order chi connectivity index (χ0) is 25.9. The first kappa shape index (κ1) is 28.6. The Balaban J connectivity index is 0.000000195. The molecular weight excluding hydrogens is 526 g/mol. The number of aromatic carboxylic acids is 2.